The molecule has 0 bridgehead atoms. The van der Waals surface area contributed by atoms with Crippen molar-refractivity contribution in [2.75, 3.05) is 32.7 Å². The van der Waals surface area contributed by atoms with Crippen LogP contribution < -0.4 is 0 Å². The molecule has 0 fully saturated rings. The van der Waals surface area contributed by atoms with E-state index in [9.17, 15) is 0 Å². The lowest BCUT2D eigenvalue weighted by atomic mass is 10.9. The van der Waals surface area contributed by atoms with E-state index in [4.69, 9.17) is 16.3 Å². The predicted octanol–water partition coefficient (Wildman–Crippen LogP) is 3.28. The minimum Gasteiger partial charge on any atom is -0.357 e. The summed E-state index contributed by atoms with van der Waals surface area (Å²) in [6.45, 7) is 4.18. The second kappa shape index (κ2) is 7.96. The first-order valence-corrected chi connectivity index (χ1v) is 9.94. The molecule has 0 radical (unpaired) electrons. The van der Waals surface area contributed by atoms with E-state index in [2.05, 4.69) is 18.6 Å². The van der Waals surface area contributed by atoms with Crippen LogP contribution in [0.4, 0.5) is 0 Å². The van der Waals surface area contributed by atoms with Crippen LogP contribution in [-0.4, -0.2) is 42.8 Å². The summed E-state index contributed by atoms with van der Waals surface area (Å²) in [5.74, 6) is 1.93. The third-order valence-electron chi connectivity index (χ3n) is 1.39. The molecule has 0 saturated heterocycles. The normalized spacial score (nSPS) is 16.2. The van der Waals surface area contributed by atoms with Crippen LogP contribution in [0.15, 0.2) is 4.76 Å². The van der Waals surface area contributed by atoms with E-state index in [1.807, 2.05) is 19.0 Å². The fraction of sp³-hybridized carbons (Fsp3) is 0.875. The maximum absolute atomic E-state index is 5.44. The van der Waals surface area contributed by atoms with E-state index in [-0.39, 0.29) is 0 Å². The number of thioether (sulfide) groups is 1. The maximum atomic E-state index is 5.44. The molecule has 0 aliphatic carbocycles. The molecule has 0 aliphatic rings. The molecule has 90 valence electrons. The molecule has 0 aromatic heterocycles. The van der Waals surface area contributed by atoms with Crippen molar-refractivity contribution in [3.63, 3.8) is 0 Å². The van der Waals surface area contributed by atoms with Crippen LogP contribution in [0.1, 0.15) is 13.8 Å². The van der Waals surface area contributed by atoms with Crippen molar-refractivity contribution in [2.24, 2.45) is 4.76 Å². The average molecular weight is 286 g/mol. The zero-order valence-corrected chi connectivity index (χ0v) is 13.2. The molecule has 0 amide bonds. The molecule has 0 spiro atoms. The number of hydrogen-bond acceptors (Lipinski definition) is 4. The molecule has 0 rings (SSSR count). The first kappa shape index (κ1) is 15.8. The summed E-state index contributed by atoms with van der Waals surface area (Å²) in [5.41, 5.74) is -2.06. The Morgan fingerprint density at radius 1 is 1.40 bits per heavy atom. The smallest absolute Gasteiger partial charge is 0.233 e. The van der Waals surface area contributed by atoms with Gasteiger partial charge in [-0.3, -0.25) is 0 Å². The minimum absolute atomic E-state index is 0.937. The Hall–Kier alpha value is 0.780. The second-order valence-electron chi connectivity index (χ2n) is 2.78. The lowest BCUT2D eigenvalue weighted by Crippen LogP contribution is -2.18. The molecule has 15 heavy (non-hydrogen) atoms. The second-order valence-corrected chi connectivity index (χ2v) is 10.8. The highest BCUT2D eigenvalue weighted by molar-refractivity contribution is 8.69. The van der Waals surface area contributed by atoms with E-state index in [0.29, 0.717) is 0 Å². The zero-order valence-electron chi connectivity index (χ0n) is 9.89. The molecule has 7 heteroatoms. The van der Waals surface area contributed by atoms with Crippen LogP contribution >= 0.6 is 28.8 Å². The third-order valence-corrected chi connectivity index (χ3v) is 8.09. The van der Waals surface area contributed by atoms with Gasteiger partial charge in [0.25, 0.3) is 0 Å². The van der Waals surface area contributed by atoms with Crippen LogP contribution in [0.5, 0.6) is 0 Å². The Bertz CT molecular complexity index is 258. The lowest BCUT2D eigenvalue weighted by molar-refractivity contribution is 0.470. The number of hydrogen-bond donors (Lipinski definition) is 0. The van der Waals surface area contributed by atoms with Gasteiger partial charge in [0.1, 0.15) is 0 Å². The SMILES string of the molecule is CCSC(=NP(=S)(OC)SCC)N(C)C. The van der Waals surface area contributed by atoms with Crippen LogP contribution in [0, 0.1) is 0 Å². The zero-order chi connectivity index (χ0) is 11.9. The van der Waals surface area contributed by atoms with Crippen LogP contribution in [0.25, 0.3) is 0 Å². The van der Waals surface area contributed by atoms with E-state index < -0.39 is 5.62 Å². The molecule has 3 nitrogen and oxygen atoms in total. The van der Waals surface area contributed by atoms with Gasteiger partial charge >= 0.3 is 0 Å². The van der Waals surface area contributed by atoms with Crippen molar-refractivity contribution in [3.05, 3.63) is 0 Å². The van der Waals surface area contributed by atoms with E-state index in [1.165, 1.54) is 0 Å². The average Bonchev–Trinajstić information content (AvgIpc) is 2.17. The van der Waals surface area contributed by atoms with Gasteiger partial charge in [-0.05, 0) is 23.3 Å². The van der Waals surface area contributed by atoms with E-state index in [1.54, 1.807) is 30.3 Å². The molecule has 1 atom stereocenters. The van der Waals surface area contributed by atoms with Gasteiger partial charge in [0.05, 0.1) is 0 Å². The Morgan fingerprint density at radius 2 is 2.00 bits per heavy atom. The van der Waals surface area contributed by atoms with Crippen molar-refractivity contribution >= 4 is 45.7 Å². The van der Waals surface area contributed by atoms with Crippen molar-refractivity contribution in [3.8, 4) is 0 Å². The molecule has 0 aliphatic heterocycles. The summed E-state index contributed by atoms with van der Waals surface area (Å²) < 4.78 is 9.94. The van der Waals surface area contributed by atoms with Gasteiger partial charge in [-0.25, -0.2) is 0 Å². The predicted molar refractivity (Wildman–Crippen MR) is 78.7 cm³/mol. The van der Waals surface area contributed by atoms with Crippen molar-refractivity contribution < 1.29 is 4.52 Å². The molecule has 0 N–H and O–H groups in total. The van der Waals surface area contributed by atoms with Gasteiger partial charge < -0.3 is 9.42 Å². The Balaban J connectivity index is 4.82. The van der Waals surface area contributed by atoms with E-state index in [0.717, 1.165) is 16.7 Å². The number of amidine groups is 1. The Labute approximate surface area is 106 Å². The fourth-order valence-corrected chi connectivity index (χ4v) is 6.01. The summed E-state index contributed by atoms with van der Waals surface area (Å²) in [7, 11) is 5.61. The monoisotopic (exact) mass is 286 g/mol. The highest BCUT2D eigenvalue weighted by atomic mass is 32.9. The summed E-state index contributed by atoms with van der Waals surface area (Å²) in [6, 6.07) is 0. The molecule has 0 heterocycles. The highest BCUT2D eigenvalue weighted by Crippen LogP contribution is 2.61. The van der Waals surface area contributed by atoms with Gasteiger partial charge in [-0.1, -0.05) is 37.0 Å². The van der Waals surface area contributed by atoms with Gasteiger partial charge in [0, 0.05) is 21.2 Å². The first-order chi connectivity index (χ1) is 6.99. The van der Waals surface area contributed by atoms with E-state index >= 15 is 0 Å². The van der Waals surface area contributed by atoms with Crippen molar-refractivity contribution in [1.29, 1.82) is 0 Å². The van der Waals surface area contributed by atoms with Crippen molar-refractivity contribution in [2.45, 2.75) is 13.8 Å². The van der Waals surface area contributed by atoms with Gasteiger partial charge in [-0.15, -0.1) is 0 Å². The number of nitrogens with zero attached hydrogens (tertiary/aromatic N) is 2. The molecular formula is C8H19N2OPS3. The lowest BCUT2D eigenvalue weighted by Gasteiger charge is -2.19. The highest BCUT2D eigenvalue weighted by Gasteiger charge is 2.16. The topological polar surface area (TPSA) is 24.8 Å². The summed E-state index contributed by atoms with van der Waals surface area (Å²) >= 11 is 8.76. The van der Waals surface area contributed by atoms with Crippen molar-refractivity contribution in [1.82, 2.24) is 4.90 Å². The molecule has 1 unspecified atom stereocenters. The third kappa shape index (κ3) is 6.17. The number of rotatable bonds is 5. The fourth-order valence-electron chi connectivity index (χ4n) is 0.767. The summed E-state index contributed by atoms with van der Waals surface area (Å²) in [6.07, 6.45) is 0. The maximum Gasteiger partial charge on any atom is 0.233 e. The minimum atomic E-state index is -2.06. The van der Waals surface area contributed by atoms with Gasteiger partial charge in [-0.2, -0.15) is 4.76 Å². The first-order valence-electron chi connectivity index (χ1n) is 4.69. The standard InChI is InChI=1S/C8H19N2OPS3/c1-6-14-8(10(3)4)9-12(13,11-5)15-7-2/h6-7H2,1-5H3. The molecule has 0 aromatic carbocycles. The largest absolute Gasteiger partial charge is 0.357 e. The van der Waals surface area contributed by atoms with Crippen LogP contribution in [-0.2, 0) is 16.3 Å². The Morgan fingerprint density at radius 3 is 2.33 bits per heavy atom. The Kier molecular flexibility index (Phi) is 8.37. The van der Waals surface area contributed by atoms with Gasteiger partial charge in [0.2, 0.25) is 5.62 Å². The quantitative estimate of drug-likeness (QED) is 0.439. The summed E-state index contributed by atoms with van der Waals surface area (Å²) in [4.78, 5) is 1.99. The molecule has 0 saturated carbocycles. The summed E-state index contributed by atoms with van der Waals surface area (Å²) in [5, 5.41) is 0.962. The van der Waals surface area contributed by atoms with Gasteiger partial charge in [0.15, 0.2) is 5.17 Å². The van der Waals surface area contributed by atoms with Crippen LogP contribution in [0.2, 0.25) is 0 Å². The molecular weight excluding hydrogens is 267 g/mol. The molecule has 0 aromatic rings. The van der Waals surface area contributed by atoms with Crippen LogP contribution in [0.3, 0.4) is 0 Å².